The quantitative estimate of drug-likeness (QED) is 0.317. The van der Waals surface area contributed by atoms with E-state index in [1.807, 2.05) is 27.8 Å². The third-order valence-electron chi connectivity index (χ3n) is 10.7. The largest absolute Gasteiger partial charge is 0.507 e. The first kappa shape index (κ1) is 34.5. The Labute approximate surface area is 296 Å². The highest BCUT2D eigenvalue weighted by atomic mass is 32.2. The standard InChI is InChI=1S/C36H44N4O9S/c1-16(2)8-24(41)38-20-13-50-35-27-26(34-32(48-15-49-34)18(4)30(27)42)23(12-46-36(20)43)40-22(11-37)21-10-19-9-17(3)31(45-7)33(47-14-44-6)25(19)28(29(35)40)39(21)5/h9,16,20-23,28-29,35,42H,8,10,12-15H2,1-7H3,(H,38,41)/t20-,21-,22-,23-,28+,29?,35+/m0/s1. The van der Waals surface area contributed by atoms with E-state index in [4.69, 9.17) is 28.4 Å². The van der Waals surface area contributed by atoms with Gasteiger partial charge < -0.3 is 38.8 Å². The normalized spacial score (nSPS) is 28.2. The molecule has 0 saturated carbocycles. The third-order valence-corrected chi connectivity index (χ3v) is 12.1. The molecule has 0 aliphatic carbocycles. The first-order valence-electron chi connectivity index (χ1n) is 17.0. The molecule has 0 radical (unpaired) electrons. The average Bonchev–Trinajstić information content (AvgIpc) is 3.57. The second-order valence-electron chi connectivity index (χ2n) is 14.1. The first-order valence-corrected chi connectivity index (χ1v) is 18.0. The lowest BCUT2D eigenvalue weighted by Crippen LogP contribution is -2.69. The minimum absolute atomic E-state index is 0.00210. The number of hydrogen-bond acceptors (Lipinski definition) is 13. The van der Waals surface area contributed by atoms with Crippen molar-refractivity contribution in [3.8, 4) is 34.8 Å². The summed E-state index contributed by atoms with van der Waals surface area (Å²) in [4.78, 5) is 31.1. The van der Waals surface area contributed by atoms with E-state index in [9.17, 15) is 20.0 Å². The zero-order chi connectivity index (χ0) is 35.6. The molecule has 14 heteroatoms. The van der Waals surface area contributed by atoms with Crippen molar-refractivity contribution in [2.45, 2.75) is 82.0 Å². The van der Waals surface area contributed by atoms with Gasteiger partial charge in [0, 0.05) is 53.6 Å². The molecule has 50 heavy (non-hydrogen) atoms. The third kappa shape index (κ3) is 5.32. The molecule has 2 aromatic carbocycles. The summed E-state index contributed by atoms with van der Waals surface area (Å²) < 4.78 is 35.7. The molecule has 1 unspecified atom stereocenters. The number of nitrogens with one attached hydrogen (secondary N) is 1. The molecule has 4 bridgehead atoms. The van der Waals surface area contributed by atoms with E-state index >= 15 is 0 Å². The molecular formula is C36H44N4O9S. The molecule has 268 valence electrons. The molecule has 0 spiro atoms. The van der Waals surface area contributed by atoms with Gasteiger partial charge in [-0.15, -0.1) is 11.8 Å². The molecule has 5 heterocycles. The van der Waals surface area contributed by atoms with Gasteiger partial charge in [-0.25, -0.2) is 4.79 Å². The Kier molecular flexibility index (Phi) is 9.21. The molecule has 2 aromatic rings. The van der Waals surface area contributed by atoms with Gasteiger partial charge in [-0.05, 0) is 44.4 Å². The van der Waals surface area contributed by atoms with Crippen molar-refractivity contribution in [2.75, 3.05) is 47.2 Å². The number of carbonyl (C=O) groups is 2. The van der Waals surface area contributed by atoms with E-state index in [2.05, 4.69) is 27.3 Å². The Morgan fingerprint density at radius 2 is 1.92 bits per heavy atom. The lowest BCUT2D eigenvalue weighted by molar-refractivity contribution is -0.152. The van der Waals surface area contributed by atoms with Crippen molar-refractivity contribution in [3.63, 3.8) is 0 Å². The van der Waals surface area contributed by atoms with Crippen molar-refractivity contribution in [1.82, 2.24) is 15.1 Å². The zero-order valence-corrected chi connectivity index (χ0v) is 30.2. The number of rotatable bonds is 7. The number of methoxy groups -OCH3 is 2. The number of nitriles is 1. The number of benzene rings is 2. The van der Waals surface area contributed by atoms with Crippen molar-refractivity contribution in [1.29, 1.82) is 5.26 Å². The van der Waals surface area contributed by atoms with E-state index in [-0.39, 0.29) is 62.0 Å². The number of piperazine rings is 1. The SMILES string of the molecule is COCOc1c(OC)c(C)cc2c1[C@@H]1C3[C@@H]4SC[C@H](NC(=O)CC(C)C)C(=O)OC[C@@H](c5c6c(c(C)c(O)c54)OCO6)N3[C@@H](C#N)[C@H](C2)N1C. The van der Waals surface area contributed by atoms with E-state index < -0.39 is 35.4 Å². The minimum atomic E-state index is -0.914. The van der Waals surface area contributed by atoms with Crippen LogP contribution in [0.25, 0.3) is 0 Å². The predicted octanol–water partition coefficient (Wildman–Crippen LogP) is 3.82. The molecule has 7 atom stereocenters. The maximum absolute atomic E-state index is 13.7. The van der Waals surface area contributed by atoms with Crippen LogP contribution in [0, 0.1) is 31.1 Å². The van der Waals surface area contributed by atoms with Crippen LogP contribution in [0.2, 0.25) is 0 Å². The molecule has 13 nitrogen and oxygen atoms in total. The lowest BCUT2D eigenvalue weighted by Gasteiger charge is -2.61. The summed E-state index contributed by atoms with van der Waals surface area (Å²) in [7, 11) is 5.22. The van der Waals surface area contributed by atoms with E-state index in [0.29, 0.717) is 46.1 Å². The number of nitrogens with zero attached hydrogens (tertiary/aromatic N) is 3. The lowest BCUT2D eigenvalue weighted by atomic mass is 9.71. The highest BCUT2D eigenvalue weighted by Gasteiger charge is 2.60. The number of likely N-dealkylation sites (N-methyl/N-ethyl adjacent to an activating group) is 1. The second kappa shape index (κ2) is 13.3. The van der Waals surface area contributed by atoms with Crippen LogP contribution in [0.3, 0.4) is 0 Å². The monoisotopic (exact) mass is 708 g/mol. The maximum Gasteiger partial charge on any atom is 0.329 e. The Hall–Kier alpha value is -3.90. The van der Waals surface area contributed by atoms with Crippen LogP contribution >= 0.6 is 11.8 Å². The Morgan fingerprint density at radius 3 is 2.62 bits per heavy atom. The zero-order valence-electron chi connectivity index (χ0n) is 29.4. The summed E-state index contributed by atoms with van der Waals surface area (Å²) in [5.41, 5.74) is 4.75. The predicted molar refractivity (Wildman–Crippen MR) is 183 cm³/mol. The van der Waals surface area contributed by atoms with Gasteiger partial charge >= 0.3 is 5.97 Å². The van der Waals surface area contributed by atoms with Gasteiger partial charge in [0.15, 0.2) is 29.8 Å². The van der Waals surface area contributed by atoms with Crippen LogP contribution in [0.1, 0.15) is 71.0 Å². The van der Waals surface area contributed by atoms with Crippen LogP contribution < -0.4 is 24.3 Å². The van der Waals surface area contributed by atoms with Gasteiger partial charge in [-0.3, -0.25) is 14.6 Å². The number of phenolic OH excluding ortho intramolecular Hbond substituents is 1. The summed E-state index contributed by atoms with van der Waals surface area (Å²) in [6, 6.07) is 1.52. The topological polar surface area (TPSA) is 152 Å². The van der Waals surface area contributed by atoms with Crippen molar-refractivity contribution in [2.24, 2.45) is 5.92 Å². The summed E-state index contributed by atoms with van der Waals surface area (Å²) in [6.45, 7) is 7.52. The number of aromatic hydroxyl groups is 1. The molecular weight excluding hydrogens is 664 g/mol. The fraction of sp³-hybridized carbons (Fsp3) is 0.583. The van der Waals surface area contributed by atoms with Gasteiger partial charge in [0.05, 0.1) is 30.5 Å². The van der Waals surface area contributed by atoms with Crippen LogP contribution in [-0.2, 0) is 25.5 Å². The van der Waals surface area contributed by atoms with Crippen LogP contribution in [0.5, 0.6) is 28.7 Å². The van der Waals surface area contributed by atoms with E-state index in [1.165, 1.54) is 11.8 Å². The van der Waals surface area contributed by atoms with Crippen molar-refractivity contribution in [3.05, 3.63) is 39.4 Å². The van der Waals surface area contributed by atoms with Crippen molar-refractivity contribution < 1.29 is 43.1 Å². The highest BCUT2D eigenvalue weighted by Crippen LogP contribution is 2.63. The van der Waals surface area contributed by atoms with Gasteiger partial charge in [-0.2, -0.15) is 5.26 Å². The molecule has 2 saturated heterocycles. The number of fused-ring (bicyclic) bond motifs is 9. The number of ether oxygens (including phenoxy) is 6. The molecule has 1 amide bonds. The Bertz CT molecular complexity index is 1760. The van der Waals surface area contributed by atoms with Crippen LogP contribution in [0.4, 0.5) is 0 Å². The minimum Gasteiger partial charge on any atom is -0.507 e. The molecule has 5 aliphatic rings. The molecule has 7 rings (SSSR count). The second-order valence-corrected chi connectivity index (χ2v) is 15.2. The van der Waals surface area contributed by atoms with Crippen molar-refractivity contribution >= 4 is 23.6 Å². The summed E-state index contributed by atoms with van der Waals surface area (Å²) in [6.07, 6.45) is 0.833. The number of aryl methyl sites for hydroxylation is 1. The number of esters is 1. The van der Waals surface area contributed by atoms with Gasteiger partial charge in [0.1, 0.15) is 24.4 Å². The van der Waals surface area contributed by atoms with E-state index in [0.717, 1.165) is 16.7 Å². The van der Waals surface area contributed by atoms with E-state index in [1.54, 1.807) is 21.1 Å². The number of cyclic esters (lactones) is 1. The molecule has 2 N–H and O–H groups in total. The summed E-state index contributed by atoms with van der Waals surface area (Å²) in [5, 5.41) is 25.5. The Balaban J connectivity index is 1.47. The first-order chi connectivity index (χ1) is 24.0. The summed E-state index contributed by atoms with van der Waals surface area (Å²) >= 11 is 1.45. The molecule has 0 aromatic heterocycles. The fourth-order valence-electron chi connectivity index (χ4n) is 8.67. The number of phenols is 1. The smallest absolute Gasteiger partial charge is 0.329 e. The molecule has 2 fully saturated rings. The number of hydrogen-bond donors (Lipinski definition) is 2. The van der Waals surface area contributed by atoms with Crippen LogP contribution in [-0.4, -0.2) is 98.2 Å². The molecule has 5 aliphatic heterocycles. The number of carbonyl (C=O) groups excluding carboxylic acids is 2. The Morgan fingerprint density at radius 1 is 1.16 bits per heavy atom. The number of thioether (sulfide) groups is 1. The highest BCUT2D eigenvalue weighted by molar-refractivity contribution is 7.99. The van der Waals surface area contributed by atoms with Gasteiger partial charge in [-0.1, -0.05) is 19.9 Å². The average molecular weight is 709 g/mol. The fourth-order valence-corrected chi connectivity index (χ4v) is 10.2. The maximum atomic E-state index is 13.7. The summed E-state index contributed by atoms with van der Waals surface area (Å²) in [5.74, 6) is 1.68. The van der Waals surface area contributed by atoms with Crippen LogP contribution in [0.15, 0.2) is 6.07 Å². The van der Waals surface area contributed by atoms with Gasteiger partial charge in [0.25, 0.3) is 0 Å². The van der Waals surface area contributed by atoms with Gasteiger partial charge in [0.2, 0.25) is 12.7 Å². The number of amides is 1.